The van der Waals surface area contributed by atoms with Crippen molar-refractivity contribution in [2.24, 2.45) is 104 Å². The van der Waals surface area contributed by atoms with Crippen LogP contribution in [0.5, 0.6) is 0 Å². The monoisotopic (exact) mass is 1400 g/mol. The van der Waals surface area contributed by atoms with Gasteiger partial charge in [-0.1, -0.05) is 155 Å². The Hall–Kier alpha value is -2.73. The van der Waals surface area contributed by atoms with Crippen LogP contribution in [0.2, 0.25) is 0 Å². The Balaban J connectivity index is 0.000000315. The van der Waals surface area contributed by atoms with Gasteiger partial charge in [0, 0.05) is 55.3 Å². The quantitative estimate of drug-likeness (QED) is 0.0260. The Morgan fingerprint density at radius 1 is 0.273 bits per heavy atom. The van der Waals surface area contributed by atoms with Gasteiger partial charge in [0.05, 0.1) is 52.9 Å². The predicted molar refractivity (Wildman–Crippen MR) is 398 cm³/mol. The van der Waals surface area contributed by atoms with Crippen molar-refractivity contribution in [2.75, 3.05) is 19.8 Å². The van der Waals surface area contributed by atoms with Crippen molar-refractivity contribution in [2.45, 2.75) is 351 Å². The van der Waals surface area contributed by atoms with Crippen molar-refractivity contribution in [1.29, 1.82) is 0 Å². The van der Waals surface area contributed by atoms with Crippen LogP contribution in [0.15, 0.2) is 36.5 Å². The Labute approximate surface area is 601 Å². The molecule has 18 unspecified atom stereocenters. The highest BCUT2D eigenvalue weighted by Crippen LogP contribution is 2.43. The van der Waals surface area contributed by atoms with E-state index in [0.717, 1.165) is 212 Å². The third kappa shape index (κ3) is 30.3. The summed E-state index contributed by atoms with van der Waals surface area (Å²) in [6.45, 7) is 23.8. The summed E-state index contributed by atoms with van der Waals surface area (Å²) in [5, 5.41) is 122. The topological polar surface area (TPSA) is 294 Å². The lowest BCUT2D eigenvalue weighted by Crippen LogP contribution is -2.34. The Morgan fingerprint density at radius 3 is 0.566 bits per heavy atom. The second-order valence-corrected chi connectivity index (χ2v) is 37.1. The third-order valence-corrected chi connectivity index (χ3v) is 25.5. The molecule has 576 valence electrons. The number of aliphatic carboxylic acids is 3. The number of carboxylic acid groups (broad SMARTS) is 3. The van der Waals surface area contributed by atoms with Crippen LogP contribution in [0.3, 0.4) is 0 Å². The van der Waals surface area contributed by atoms with Crippen LogP contribution in [0.25, 0.3) is 0 Å². The molecule has 0 spiro atoms. The Bertz CT molecular complexity index is 2280. The van der Waals surface area contributed by atoms with Crippen LogP contribution >= 0.6 is 0 Å². The van der Waals surface area contributed by atoms with Crippen LogP contribution in [-0.2, 0) is 14.4 Å². The molecular weight excluding hydrogens is 1250 g/mol. The van der Waals surface area contributed by atoms with Gasteiger partial charge in [0.2, 0.25) is 0 Å². The second-order valence-electron chi connectivity index (χ2n) is 37.1. The third-order valence-electron chi connectivity index (χ3n) is 25.5. The van der Waals surface area contributed by atoms with Crippen LogP contribution < -0.4 is 0 Å². The summed E-state index contributed by atoms with van der Waals surface area (Å²) in [4.78, 5) is 34.0. The van der Waals surface area contributed by atoms with Crippen molar-refractivity contribution in [3.8, 4) is 0 Å². The molecule has 0 aliphatic heterocycles. The molecule has 6 fully saturated rings. The summed E-state index contributed by atoms with van der Waals surface area (Å²) in [5.41, 5.74) is -2.26. The van der Waals surface area contributed by atoms with Crippen LogP contribution in [0, 0.1) is 104 Å². The Kier molecular flexibility index (Phi) is 38.0. The first-order valence-electron chi connectivity index (χ1n) is 40.1. The van der Waals surface area contributed by atoms with Crippen molar-refractivity contribution in [3.05, 3.63) is 36.5 Å². The van der Waals surface area contributed by atoms with Crippen LogP contribution in [0.4, 0.5) is 0 Å². The van der Waals surface area contributed by atoms with Crippen molar-refractivity contribution in [1.82, 2.24) is 0 Å². The van der Waals surface area contributed by atoms with Gasteiger partial charge in [-0.2, -0.15) is 0 Å². The van der Waals surface area contributed by atoms with Gasteiger partial charge in [-0.15, -0.1) is 0 Å². The molecule has 15 heteroatoms. The van der Waals surface area contributed by atoms with E-state index in [2.05, 4.69) is 78.0 Å². The molecule has 6 saturated carbocycles. The summed E-state index contributed by atoms with van der Waals surface area (Å²) in [7, 11) is 0. The van der Waals surface area contributed by atoms with E-state index in [1.165, 1.54) is 0 Å². The van der Waals surface area contributed by atoms with Crippen LogP contribution in [-0.4, -0.2) is 136 Å². The first-order valence-corrected chi connectivity index (χ1v) is 40.1. The van der Waals surface area contributed by atoms with Gasteiger partial charge >= 0.3 is 17.9 Å². The zero-order valence-electron chi connectivity index (χ0n) is 64.5. The lowest BCUT2D eigenvalue weighted by Gasteiger charge is -2.36. The number of aliphatic hydroxyl groups excluding tert-OH is 9. The van der Waals surface area contributed by atoms with E-state index in [-0.39, 0.29) is 114 Å². The molecule has 99 heavy (non-hydrogen) atoms. The predicted octanol–water partition coefficient (Wildman–Crippen LogP) is 16.7. The van der Waals surface area contributed by atoms with Crippen molar-refractivity contribution < 1.29 is 75.7 Å². The molecule has 0 heterocycles. The highest BCUT2D eigenvalue weighted by Gasteiger charge is 2.39. The van der Waals surface area contributed by atoms with Crippen molar-refractivity contribution in [3.63, 3.8) is 0 Å². The molecule has 6 rings (SSSR count). The maximum Gasteiger partial charge on any atom is 0.309 e. The number of rotatable bonds is 36. The summed E-state index contributed by atoms with van der Waals surface area (Å²) in [6, 6.07) is 0. The zero-order chi connectivity index (χ0) is 73.9. The van der Waals surface area contributed by atoms with E-state index in [0.29, 0.717) is 37.0 Å². The molecule has 18 atom stereocenters. The smallest absolute Gasteiger partial charge is 0.309 e. The molecule has 0 bridgehead atoms. The largest absolute Gasteiger partial charge is 0.481 e. The number of carbonyl (C=O) groups is 3. The summed E-state index contributed by atoms with van der Waals surface area (Å²) in [5.74, 6) is 0.270. The lowest BCUT2D eigenvalue weighted by molar-refractivity contribution is -0.148. The van der Waals surface area contributed by atoms with Gasteiger partial charge in [0.15, 0.2) is 0 Å². The minimum Gasteiger partial charge on any atom is -0.481 e. The van der Waals surface area contributed by atoms with Gasteiger partial charge < -0.3 is 61.3 Å². The minimum absolute atomic E-state index is 0.0273. The number of carboxylic acids is 3. The standard InChI is InChI=1S/C28H48O6.C28H50O5.C28H52O4/c1-27(2,25(31)32)17-7-13-19-9-5-11-21(23(19)29)15-16-22-12-6-10-20(24(22)30)14-8-18-28(3,4)26(33)34;1-27(2,19-29)17-7-13-20-9-5-11-22(24(20)30)15-16-23-12-6-10-21(25(23)31)14-8-18-28(3,4)26(32)33;1-27(2,19-29)17-7-13-21-9-5-11-23(25(21)31)15-16-24-12-6-10-22(26(24)32)14-8-18-28(3,4)20-30/h15-16,19-24,29-30H,5-14,17-18H2,1-4H3,(H,31,32)(H,33,34);15-16,20-25,29-31H,5-14,17-19H2,1-4H3,(H,32,33);15-16,21-26,29-32H,5-14,17-20H2,1-4H3/b3*16-15-. The van der Waals surface area contributed by atoms with Gasteiger partial charge in [-0.25, -0.2) is 0 Å². The van der Waals surface area contributed by atoms with E-state index >= 15 is 0 Å². The Morgan fingerprint density at radius 2 is 0.424 bits per heavy atom. The summed E-state index contributed by atoms with van der Waals surface area (Å²) in [6.07, 6.45) is 46.0. The summed E-state index contributed by atoms with van der Waals surface area (Å²) >= 11 is 0. The molecule has 0 aromatic rings. The molecule has 0 aromatic carbocycles. The SMILES string of the molecule is CC(C)(CCCC1CCCC(/C=C\C2CCCC(CCCC(C)(C)C(=O)O)C2O)C1O)C(=O)O.CC(C)(CO)CCCC1CCCC(/C=C\C2CCCC(CCCC(C)(C)C(=O)O)C2O)C1O.CC(C)(CO)CCCC1CCCC(/C=C\C2CCCC(CCCC(C)(C)CO)C2O)C1O. The fourth-order valence-corrected chi connectivity index (χ4v) is 17.4. The molecule has 0 aromatic heterocycles. The van der Waals surface area contributed by atoms with Gasteiger partial charge in [-0.05, 0) is 247 Å². The molecule has 6 aliphatic rings. The number of hydrogen-bond acceptors (Lipinski definition) is 12. The van der Waals surface area contributed by atoms with E-state index in [9.17, 15) is 75.7 Å². The maximum atomic E-state index is 11.3. The molecule has 0 saturated heterocycles. The van der Waals surface area contributed by atoms with Gasteiger partial charge in [-0.3, -0.25) is 14.4 Å². The molecule has 15 nitrogen and oxygen atoms in total. The van der Waals surface area contributed by atoms with Crippen LogP contribution in [0.1, 0.15) is 314 Å². The zero-order valence-corrected chi connectivity index (χ0v) is 64.5. The lowest BCUT2D eigenvalue weighted by atomic mass is 9.73. The number of aliphatic hydroxyl groups is 9. The molecular formula is C84H150O15. The molecule has 6 aliphatic carbocycles. The molecule has 0 radical (unpaired) electrons. The van der Waals surface area contributed by atoms with E-state index < -0.39 is 46.4 Å². The summed E-state index contributed by atoms with van der Waals surface area (Å²) < 4.78 is 0. The molecule has 12 N–H and O–H groups in total. The van der Waals surface area contributed by atoms with Gasteiger partial charge in [0.1, 0.15) is 0 Å². The number of hydrogen-bond donors (Lipinski definition) is 12. The highest BCUT2D eigenvalue weighted by atomic mass is 16.4. The fourth-order valence-electron chi connectivity index (χ4n) is 17.4. The minimum atomic E-state index is -0.771. The molecule has 0 amide bonds. The fraction of sp³-hybridized carbons (Fsp3) is 0.893. The average molecular weight is 1400 g/mol. The average Bonchev–Trinajstić information content (AvgIpc) is 0.874. The second kappa shape index (κ2) is 42.4. The maximum absolute atomic E-state index is 11.3. The highest BCUT2D eigenvalue weighted by molar-refractivity contribution is 5.74. The first kappa shape index (κ1) is 88.7. The normalized spacial score (nSPS) is 31.7. The van der Waals surface area contributed by atoms with E-state index in [1.54, 1.807) is 41.5 Å². The van der Waals surface area contributed by atoms with E-state index in [1.807, 2.05) is 0 Å². The van der Waals surface area contributed by atoms with E-state index in [4.69, 9.17) is 0 Å². The van der Waals surface area contributed by atoms with Crippen molar-refractivity contribution >= 4 is 17.9 Å². The van der Waals surface area contributed by atoms with Gasteiger partial charge in [0.25, 0.3) is 0 Å². The first-order chi connectivity index (χ1) is 46.4.